The Bertz CT molecular complexity index is 902. The smallest absolute Gasteiger partial charge is 0.355 e. The summed E-state index contributed by atoms with van der Waals surface area (Å²) >= 11 is 0. The van der Waals surface area contributed by atoms with Gasteiger partial charge < -0.3 is 19.8 Å². The molecule has 0 bridgehead atoms. The predicted molar refractivity (Wildman–Crippen MR) is 94.8 cm³/mol. The molecule has 2 N–H and O–H groups in total. The number of amides is 1. The van der Waals surface area contributed by atoms with Crippen molar-refractivity contribution >= 4 is 28.5 Å². The van der Waals surface area contributed by atoms with Crippen LogP contribution in [-0.2, 0) is 9.53 Å². The van der Waals surface area contributed by atoms with Gasteiger partial charge in [0.2, 0.25) is 0 Å². The van der Waals surface area contributed by atoms with Crippen LogP contribution in [0.2, 0.25) is 0 Å². The minimum absolute atomic E-state index is 0.280. The number of ether oxygens (including phenoxy) is 2. The number of methoxy groups -OCH3 is 1. The normalized spacial score (nSPS) is 11.8. The summed E-state index contributed by atoms with van der Waals surface area (Å²) in [6, 6.07) is 16.1. The fourth-order valence-electron chi connectivity index (χ4n) is 2.39. The molecule has 1 heterocycles. The number of hydrogen-bond acceptors (Lipinski definition) is 4. The predicted octanol–water partition coefficient (Wildman–Crippen LogP) is 3.36. The number of carbonyl (C=O) groups is 2. The quantitative estimate of drug-likeness (QED) is 0.699. The van der Waals surface area contributed by atoms with E-state index in [9.17, 15) is 9.59 Å². The summed E-state index contributed by atoms with van der Waals surface area (Å²) in [5.74, 6) is -0.298. The summed E-state index contributed by atoms with van der Waals surface area (Å²) in [6.07, 6.45) is -0.923. The van der Waals surface area contributed by atoms with Gasteiger partial charge in [0.1, 0.15) is 11.4 Å². The number of nitrogens with one attached hydrogen (secondary N) is 2. The highest BCUT2D eigenvalue weighted by Gasteiger charge is 2.20. The second-order valence-corrected chi connectivity index (χ2v) is 5.54. The van der Waals surface area contributed by atoms with Gasteiger partial charge in [-0.2, -0.15) is 0 Å². The van der Waals surface area contributed by atoms with Crippen LogP contribution in [0.1, 0.15) is 17.4 Å². The van der Waals surface area contributed by atoms with Gasteiger partial charge in [-0.3, -0.25) is 4.79 Å². The fourth-order valence-corrected chi connectivity index (χ4v) is 2.39. The van der Waals surface area contributed by atoms with Crippen molar-refractivity contribution in [3.05, 3.63) is 60.3 Å². The van der Waals surface area contributed by atoms with Crippen LogP contribution in [0, 0.1) is 0 Å². The highest BCUT2D eigenvalue weighted by Crippen LogP contribution is 2.21. The van der Waals surface area contributed by atoms with Gasteiger partial charge in [-0.15, -0.1) is 0 Å². The molecule has 1 aromatic heterocycles. The van der Waals surface area contributed by atoms with Gasteiger partial charge in [0.15, 0.2) is 6.10 Å². The van der Waals surface area contributed by atoms with E-state index in [1.165, 1.54) is 6.92 Å². The van der Waals surface area contributed by atoms with E-state index in [0.717, 1.165) is 10.9 Å². The van der Waals surface area contributed by atoms with Crippen LogP contribution in [0.4, 0.5) is 5.69 Å². The van der Waals surface area contributed by atoms with E-state index in [-0.39, 0.29) is 5.69 Å². The number of H-pyrrole nitrogens is 1. The Balaban J connectivity index is 1.67. The first-order chi connectivity index (χ1) is 12.1. The summed E-state index contributed by atoms with van der Waals surface area (Å²) in [5.41, 5.74) is 1.68. The molecular weight excluding hydrogens is 320 g/mol. The minimum atomic E-state index is -0.923. The van der Waals surface area contributed by atoms with Gasteiger partial charge >= 0.3 is 5.97 Å². The van der Waals surface area contributed by atoms with Crippen LogP contribution < -0.4 is 10.1 Å². The van der Waals surface area contributed by atoms with Crippen LogP contribution in [0.15, 0.2) is 54.6 Å². The van der Waals surface area contributed by atoms with Crippen molar-refractivity contribution < 1.29 is 19.1 Å². The van der Waals surface area contributed by atoms with Gasteiger partial charge in [0.25, 0.3) is 5.91 Å². The maximum absolute atomic E-state index is 12.3. The lowest BCUT2D eigenvalue weighted by atomic mass is 10.2. The van der Waals surface area contributed by atoms with Crippen LogP contribution >= 0.6 is 0 Å². The summed E-state index contributed by atoms with van der Waals surface area (Å²) in [4.78, 5) is 27.4. The SMILES string of the molecule is COc1ccc2cc(C(=O)O[C@H](C)C(=O)Nc3ccccc3)[nH]c2c1. The van der Waals surface area contributed by atoms with Crippen molar-refractivity contribution in [3.63, 3.8) is 0 Å². The Morgan fingerprint density at radius 1 is 1.08 bits per heavy atom. The molecule has 1 atom stereocenters. The van der Waals surface area contributed by atoms with Crippen molar-refractivity contribution in [1.82, 2.24) is 4.98 Å². The molecule has 3 aromatic rings. The minimum Gasteiger partial charge on any atom is -0.497 e. The van der Waals surface area contributed by atoms with Gasteiger partial charge in [-0.05, 0) is 37.3 Å². The zero-order chi connectivity index (χ0) is 17.8. The standard InChI is InChI=1S/C19H18N2O4/c1-12(18(22)20-14-6-4-3-5-7-14)25-19(23)17-10-13-8-9-15(24-2)11-16(13)21-17/h3-12,21H,1-2H3,(H,20,22)/t12-/m1/s1. The van der Waals surface area contributed by atoms with E-state index in [1.807, 2.05) is 24.3 Å². The monoisotopic (exact) mass is 338 g/mol. The highest BCUT2D eigenvalue weighted by atomic mass is 16.5. The highest BCUT2D eigenvalue weighted by molar-refractivity contribution is 5.99. The van der Waals surface area contributed by atoms with E-state index in [1.54, 1.807) is 37.4 Å². The molecule has 3 rings (SSSR count). The summed E-state index contributed by atoms with van der Waals surface area (Å²) in [5, 5.41) is 3.55. The van der Waals surface area contributed by atoms with Crippen molar-refractivity contribution in [1.29, 1.82) is 0 Å². The largest absolute Gasteiger partial charge is 0.497 e. The lowest BCUT2D eigenvalue weighted by Gasteiger charge is -2.12. The zero-order valence-corrected chi connectivity index (χ0v) is 13.9. The Morgan fingerprint density at radius 2 is 1.84 bits per heavy atom. The molecule has 1 amide bonds. The Hall–Kier alpha value is -3.28. The van der Waals surface area contributed by atoms with Crippen LogP contribution in [0.5, 0.6) is 5.75 Å². The molecule has 0 aliphatic heterocycles. The summed E-state index contributed by atoms with van der Waals surface area (Å²) in [7, 11) is 1.58. The third-order valence-electron chi connectivity index (χ3n) is 3.74. The van der Waals surface area contributed by atoms with E-state index >= 15 is 0 Å². The van der Waals surface area contributed by atoms with Crippen molar-refractivity contribution in [3.8, 4) is 5.75 Å². The van der Waals surface area contributed by atoms with Gasteiger partial charge in [0.05, 0.1) is 7.11 Å². The number of para-hydroxylation sites is 1. The number of carbonyl (C=O) groups excluding carboxylic acids is 2. The average molecular weight is 338 g/mol. The number of fused-ring (bicyclic) bond motifs is 1. The van der Waals surface area contributed by atoms with Gasteiger partial charge in [-0.25, -0.2) is 4.79 Å². The first kappa shape index (κ1) is 16.6. The third-order valence-corrected chi connectivity index (χ3v) is 3.74. The Morgan fingerprint density at radius 3 is 2.56 bits per heavy atom. The molecule has 128 valence electrons. The number of esters is 1. The maximum atomic E-state index is 12.3. The van der Waals surface area contributed by atoms with Crippen molar-refractivity contribution in [2.24, 2.45) is 0 Å². The second-order valence-electron chi connectivity index (χ2n) is 5.54. The number of hydrogen-bond donors (Lipinski definition) is 2. The Labute approximate surface area is 144 Å². The second kappa shape index (κ2) is 7.09. The van der Waals surface area contributed by atoms with Gasteiger partial charge in [-0.1, -0.05) is 18.2 Å². The number of rotatable bonds is 5. The van der Waals surface area contributed by atoms with E-state index in [4.69, 9.17) is 9.47 Å². The number of benzene rings is 2. The first-order valence-corrected chi connectivity index (χ1v) is 7.80. The van der Waals surface area contributed by atoms with Crippen LogP contribution in [0.3, 0.4) is 0 Å². The molecule has 0 saturated carbocycles. The molecule has 0 spiro atoms. The topological polar surface area (TPSA) is 80.4 Å². The molecule has 0 fully saturated rings. The molecule has 0 aliphatic rings. The zero-order valence-electron chi connectivity index (χ0n) is 13.9. The van der Waals surface area contributed by atoms with E-state index in [2.05, 4.69) is 10.3 Å². The molecular formula is C19H18N2O4. The average Bonchev–Trinajstić information content (AvgIpc) is 3.05. The van der Waals surface area contributed by atoms with E-state index < -0.39 is 18.0 Å². The molecule has 0 aliphatic carbocycles. The molecule has 6 heteroatoms. The lowest BCUT2D eigenvalue weighted by Crippen LogP contribution is -2.30. The van der Waals surface area contributed by atoms with Crippen molar-refractivity contribution in [2.45, 2.75) is 13.0 Å². The number of aromatic amines is 1. The number of anilines is 1. The molecule has 6 nitrogen and oxygen atoms in total. The first-order valence-electron chi connectivity index (χ1n) is 7.80. The maximum Gasteiger partial charge on any atom is 0.355 e. The van der Waals surface area contributed by atoms with Crippen LogP contribution in [0.25, 0.3) is 10.9 Å². The number of aromatic nitrogens is 1. The molecule has 0 unspecified atom stereocenters. The van der Waals surface area contributed by atoms with Crippen molar-refractivity contribution in [2.75, 3.05) is 12.4 Å². The molecule has 25 heavy (non-hydrogen) atoms. The summed E-state index contributed by atoms with van der Waals surface area (Å²) in [6.45, 7) is 1.53. The molecule has 2 aromatic carbocycles. The lowest BCUT2D eigenvalue weighted by molar-refractivity contribution is -0.123. The Kier molecular flexibility index (Phi) is 4.70. The molecule has 0 radical (unpaired) electrons. The van der Waals surface area contributed by atoms with Gasteiger partial charge in [0, 0.05) is 22.7 Å². The summed E-state index contributed by atoms with van der Waals surface area (Å²) < 4.78 is 10.4. The third kappa shape index (κ3) is 3.80. The fraction of sp³-hybridized carbons (Fsp3) is 0.158. The van der Waals surface area contributed by atoms with E-state index in [0.29, 0.717) is 11.4 Å². The molecule has 0 saturated heterocycles. The van der Waals surface area contributed by atoms with Crippen LogP contribution in [-0.4, -0.2) is 30.1 Å².